The smallest absolute Gasteiger partial charge is 0.357 e. The first kappa shape index (κ1) is 15.8. The molecule has 0 aliphatic rings. The van der Waals surface area contributed by atoms with Crippen LogP contribution in [0.3, 0.4) is 0 Å². The van der Waals surface area contributed by atoms with Crippen LogP contribution in [0.5, 0.6) is 0 Å². The van der Waals surface area contributed by atoms with Crippen LogP contribution in [0.4, 0.5) is 0 Å². The Kier molecular flexibility index (Phi) is 4.28. The second-order valence-electron chi connectivity index (χ2n) is 5.30. The standard InChI is InChI=1S/C17H14Cl2N2O2/c1-10-5-6-21-15(7-10)20-11(2)16(21)17(22)23-9-12-3-4-13(18)14(19)8-12/h3-8H,9H2,1-2H3. The highest BCUT2D eigenvalue weighted by molar-refractivity contribution is 6.42. The maximum absolute atomic E-state index is 12.4. The molecule has 0 amide bonds. The molecule has 2 aromatic heterocycles. The lowest BCUT2D eigenvalue weighted by atomic mass is 10.2. The van der Waals surface area contributed by atoms with E-state index in [1.54, 1.807) is 29.5 Å². The molecule has 0 N–H and O–H groups in total. The summed E-state index contributed by atoms with van der Waals surface area (Å²) in [7, 11) is 0. The molecular weight excluding hydrogens is 335 g/mol. The number of benzene rings is 1. The average Bonchev–Trinajstić information content (AvgIpc) is 2.83. The van der Waals surface area contributed by atoms with Crippen LogP contribution in [0.1, 0.15) is 27.3 Å². The Labute approximate surface area is 143 Å². The van der Waals surface area contributed by atoms with Gasteiger partial charge in [0.05, 0.1) is 15.7 Å². The normalized spacial score (nSPS) is 11.0. The summed E-state index contributed by atoms with van der Waals surface area (Å²) in [5.41, 5.74) is 3.65. The fourth-order valence-electron chi connectivity index (χ4n) is 2.36. The minimum atomic E-state index is -0.426. The molecule has 23 heavy (non-hydrogen) atoms. The van der Waals surface area contributed by atoms with Gasteiger partial charge in [-0.1, -0.05) is 29.3 Å². The number of aryl methyl sites for hydroxylation is 2. The van der Waals surface area contributed by atoms with E-state index < -0.39 is 5.97 Å². The van der Waals surface area contributed by atoms with Crippen LogP contribution >= 0.6 is 23.2 Å². The number of hydrogen-bond donors (Lipinski definition) is 0. The molecule has 6 heteroatoms. The van der Waals surface area contributed by atoms with Crippen molar-refractivity contribution in [2.45, 2.75) is 20.5 Å². The maximum atomic E-state index is 12.4. The minimum Gasteiger partial charge on any atom is -0.456 e. The highest BCUT2D eigenvalue weighted by atomic mass is 35.5. The summed E-state index contributed by atoms with van der Waals surface area (Å²) in [5, 5.41) is 0.899. The molecule has 2 heterocycles. The van der Waals surface area contributed by atoms with Gasteiger partial charge in [0.1, 0.15) is 12.3 Å². The van der Waals surface area contributed by atoms with E-state index in [4.69, 9.17) is 27.9 Å². The second kappa shape index (κ2) is 6.22. The number of fused-ring (bicyclic) bond motifs is 1. The molecule has 0 spiro atoms. The zero-order chi connectivity index (χ0) is 16.6. The van der Waals surface area contributed by atoms with Crippen LogP contribution in [-0.4, -0.2) is 15.4 Å². The van der Waals surface area contributed by atoms with Crippen molar-refractivity contribution in [1.29, 1.82) is 0 Å². The maximum Gasteiger partial charge on any atom is 0.357 e. The number of rotatable bonds is 3. The van der Waals surface area contributed by atoms with Gasteiger partial charge in [-0.2, -0.15) is 0 Å². The number of esters is 1. The number of carbonyl (C=O) groups excluding carboxylic acids is 1. The van der Waals surface area contributed by atoms with Gasteiger partial charge in [-0.05, 0) is 49.2 Å². The molecule has 0 unspecified atom stereocenters. The van der Waals surface area contributed by atoms with Crippen LogP contribution < -0.4 is 0 Å². The van der Waals surface area contributed by atoms with Crippen molar-refractivity contribution in [3.63, 3.8) is 0 Å². The fourth-order valence-corrected chi connectivity index (χ4v) is 2.68. The van der Waals surface area contributed by atoms with Crippen LogP contribution in [0, 0.1) is 13.8 Å². The number of ether oxygens (including phenoxy) is 1. The number of imidazole rings is 1. The lowest BCUT2D eigenvalue weighted by Gasteiger charge is -2.07. The fraction of sp³-hybridized carbons (Fsp3) is 0.176. The number of pyridine rings is 1. The van der Waals surface area contributed by atoms with Gasteiger partial charge in [0.15, 0.2) is 5.69 Å². The number of halogens is 2. The number of nitrogens with zero attached hydrogens (tertiary/aromatic N) is 2. The quantitative estimate of drug-likeness (QED) is 0.649. The van der Waals surface area contributed by atoms with Crippen molar-refractivity contribution in [3.8, 4) is 0 Å². The van der Waals surface area contributed by atoms with E-state index in [2.05, 4.69) is 4.98 Å². The second-order valence-corrected chi connectivity index (χ2v) is 6.12. The number of carbonyl (C=O) groups is 1. The molecule has 4 nitrogen and oxygen atoms in total. The molecule has 1 aromatic carbocycles. The summed E-state index contributed by atoms with van der Waals surface area (Å²) in [6.07, 6.45) is 1.82. The third-order valence-electron chi connectivity index (χ3n) is 3.50. The van der Waals surface area contributed by atoms with Crippen LogP contribution in [0.15, 0.2) is 36.5 Å². The van der Waals surface area contributed by atoms with Crippen molar-refractivity contribution < 1.29 is 9.53 Å². The first-order valence-electron chi connectivity index (χ1n) is 7.02. The van der Waals surface area contributed by atoms with Gasteiger partial charge >= 0.3 is 5.97 Å². The summed E-state index contributed by atoms with van der Waals surface area (Å²) >= 11 is 11.8. The predicted octanol–water partition coefficient (Wildman–Crippen LogP) is 4.61. The van der Waals surface area contributed by atoms with E-state index in [-0.39, 0.29) is 6.61 Å². The largest absolute Gasteiger partial charge is 0.456 e. The van der Waals surface area contributed by atoms with E-state index in [0.29, 0.717) is 21.4 Å². The van der Waals surface area contributed by atoms with Gasteiger partial charge in [0.25, 0.3) is 0 Å². The molecule has 0 saturated heterocycles. The summed E-state index contributed by atoms with van der Waals surface area (Å²) in [4.78, 5) is 16.8. The highest BCUT2D eigenvalue weighted by Crippen LogP contribution is 2.23. The van der Waals surface area contributed by atoms with Crippen molar-refractivity contribution in [1.82, 2.24) is 9.38 Å². The van der Waals surface area contributed by atoms with Gasteiger partial charge in [-0.3, -0.25) is 4.40 Å². The number of hydrogen-bond acceptors (Lipinski definition) is 3. The highest BCUT2D eigenvalue weighted by Gasteiger charge is 2.18. The van der Waals surface area contributed by atoms with Gasteiger partial charge < -0.3 is 4.74 Å². The van der Waals surface area contributed by atoms with Crippen molar-refractivity contribution >= 4 is 34.8 Å². The molecule has 0 fully saturated rings. The Morgan fingerprint density at radius 3 is 2.70 bits per heavy atom. The first-order valence-corrected chi connectivity index (χ1v) is 7.77. The third-order valence-corrected chi connectivity index (χ3v) is 4.24. The predicted molar refractivity (Wildman–Crippen MR) is 90.2 cm³/mol. The first-order chi connectivity index (χ1) is 11.0. The molecule has 118 valence electrons. The van der Waals surface area contributed by atoms with Crippen molar-refractivity contribution in [2.24, 2.45) is 0 Å². The molecule has 0 aliphatic heterocycles. The molecular formula is C17H14Cl2N2O2. The molecule has 0 aliphatic carbocycles. The zero-order valence-corrected chi connectivity index (χ0v) is 14.1. The lowest BCUT2D eigenvalue weighted by Crippen LogP contribution is -2.10. The third kappa shape index (κ3) is 3.19. The Bertz CT molecular complexity index is 903. The van der Waals surface area contributed by atoms with Gasteiger partial charge in [-0.15, -0.1) is 0 Å². The van der Waals surface area contributed by atoms with E-state index in [1.807, 2.05) is 25.3 Å². The summed E-state index contributed by atoms with van der Waals surface area (Å²) in [6, 6.07) is 8.97. The molecule has 3 aromatic rings. The lowest BCUT2D eigenvalue weighted by molar-refractivity contribution is 0.0463. The summed E-state index contributed by atoms with van der Waals surface area (Å²) in [5.74, 6) is -0.426. The summed E-state index contributed by atoms with van der Waals surface area (Å²) in [6.45, 7) is 3.89. The molecule has 0 bridgehead atoms. The Balaban J connectivity index is 1.83. The van der Waals surface area contributed by atoms with E-state index >= 15 is 0 Å². The molecule has 0 saturated carbocycles. The Morgan fingerprint density at radius 1 is 1.17 bits per heavy atom. The molecule has 0 radical (unpaired) electrons. The SMILES string of the molecule is Cc1ccn2c(C(=O)OCc3ccc(Cl)c(Cl)c3)c(C)nc2c1. The Morgan fingerprint density at radius 2 is 1.96 bits per heavy atom. The van der Waals surface area contributed by atoms with Crippen LogP contribution in [0.2, 0.25) is 10.0 Å². The monoisotopic (exact) mass is 348 g/mol. The molecule has 0 atom stereocenters. The van der Waals surface area contributed by atoms with E-state index in [0.717, 1.165) is 16.8 Å². The van der Waals surface area contributed by atoms with Crippen molar-refractivity contribution in [2.75, 3.05) is 0 Å². The van der Waals surface area contributed by atoms with E-state index in [9.17, 15) is 4.79 Å². The Hall–Kier alpha value is -2.04. The topological polar surface area (TPSA) is 43.6 Å². The van der Waals surface area contributed by atoms with Crippen LogP contribution in [0.25, 0.3) is 5.65 Å². The zero-order valence-electron chi connectivity index (χ0n) is 12.6. The summed E-state index contributed by atoms with van der Waals surface area (Å²) < 4.78 is 7.12. The van der Waals surface area contributed by atoms with Gasteiger partial charge in [-0.25, -0.2) is 9.78 Å². The van der Waals surface area contributed by atoms with E-state index in [1.165, 1.54) is 0 Å². The van der Waals surface area contributed by atoms with Crippen molar-refractivity contribution in [3.05, 3.63) is 69.1 Å². The minimum absolute atomic E-state index is 0.119. The number of aromatic nitrogens is 2. The van der Waals surface area contributed by atoms with Gasteiger partial charge in [0, 0.05) is 6.20 Å². The average molecular weight is 349 g/mol. The van der Waals surface area contributed by atoms with Crippen LogP contribution in [-0.2, 0) is 11.3 Å². The van der Waals surface area contributed by atoms with Gasteiger partial charge in [0.2, 0.25) is 0 Å². The molecule has 3 rings (SSSR count).